The van der Waals surface area contributed by atoms with Gasteiger partial charge in [0.15, 0.2) is 0 Å². The first-order valence-electron chi connectivity index (χ1n) is 8.04. The zero-order valence-electron chi connectivity index (χ0n) is 13.5. The number of benzene rings is 2. The van der Waals surface area contributed by atoms with Crippen LogP contribution in [0.3, 0.4) is 0 Å². The second kappa shape index (κ2) is 6.80. The van der Waals surface area contributed by atoms with Crippen molar-refractivity contribution in [3.8, 4) is 0 Å². The number of pyridine rings is 1. The molecule has 0 saturated heterocycles. The molecule has 2 atom stereocenters. The number of aromatic amines is 1. The Morgan fingerprint density at radius 3 is 2.48 bits per heavy atom. The van der Waals surface area contributed by atoms with Gasteiger partial charge in [-0.1, -0.05) is 55.5 Å². The summed E-state index contributed by atoms with van der Waals surface area (Å²) >= 11 is 0. The molecule has 0 spiro atoms. The fourth-order valence-corrected chi connectivity index (χ4v) is 2.82. The lowest BCUT2D eigenvalue weighted by molar-refractivity contribution is 0.479. The van der Waals surface area contributed by atoms with Crippen LogP contribution in [0, 0.1) is 0 Å². The van der Waals surface area contributed by atoms with E-state index in [0.29, 0.717) is 12.5 Å². The minimum absolute atomic E-state index is 0.0178. The molecule has 2 N–H and O–H groups in total. The average Bonchev–Trinajstić information content (AvgIpc) is 2.59. The Hall–Kier alpha value is -2.39. The van der Waals surface area contributed by atoms with Gasteiger partial charge in [-0.2, -0.15) is 0 Å². The van der Waals surface area contributed by atoms with Crippen LogP contribution in [0.2, 0.25) is 0 Å². The fourth-order valence-electron chi connectivity index (χ4n) is 2.82. The lowest BCUT2D eigenvalue weighted by atomic mass is 9.94. The highest BCUT2D eigenvalue weighted by atomic mass is 16.1. The molecule has 118 valence electrons. The van der Waals surface area contributed by atoms with Crippen LogP contribution in [-0.4, -0.2) is 11.0 Å². The number of para-hydroxylation sites is 1. The van der Waals surface area contributed by atoms with Crippen LogP contribution in [0.1, 0.15) is 30.9 Å². The van der Waals surface area contributed by atoms with Gasteiger partial charge in [-0.15, -0.1) is 0 Å². The molecular formula is C20H22N2O. The first-order valence-corrected chi connectivity index (χ1v) is 8.04. The number of fused-ring (bicyclic) bond motifs is 1. The van der Waals surface area contributed by atoms with Crippen molar-refractivity contribution in [1.29, 1.82) is 0 Å². The first-order chi connectivity index (χ1) is 11.1. The van der Waals surface area contributed by atoms with Crippen molar-refractivity contribution in [1.82, 2.24) is 10.3 Å². The number of rotatable bonds is 5. The van der Waals surface area contributed by atoms with Crippen LogP contribution >= 0.6 is 0 Å². The van der Waals surface area contributed by atoms with E-state index in [0.717, 1.165) is 16.5 Å². The third-order valence-electron chi connectivity index (χ3n) is 4.52. The van der Waals surface area contributed by atoms with Crippen LogP contribution < -0.4 is 10.9 Å². The quantitative estimate of drug-likeness (QED) is 0.753. The van der Waals surface area contributed by atoms with Crippen LogP contribution in [-0.2, 0) is 6.54 Å². The Labute approximate surface area is 136 Å². The molecule has 0 amide bonds. The number of aromatic nitrogens is 1. The standard InChI is InChI=1S/C20H22N2O/c1-14(16-8-4-3-5-9-16)15(2)21-13-18-12-17-10-6-7-11-19(17)22-20(18)23/h3-12,14-15,21H,13H2,1-2H3,(H,22,23). The molecule has 0 fully saturated rings. The molecule has 0 bridgehead atoms. The zero-order valence-corrected chi connectivity index (χ0v) is 13.5. The van der Waals surface area contributed by atoms with E-state index < -0.39 is 0 Å². The largest absolute Gasteiger partial charge is 0.322 e. The minimum atomic E-state index is -0.0178. The molecule has 0 aliphatic rings. The highest BCUT2D eigenvalue weighted by Crippen LogP contribution is 2.19. The maximum atomic E-state index is 12.2. The fraction of sp³-hybridized carbons (Fsp3) is 0.250. The molecule has 1 aromatic heterocycles. The summed E-state index contributed by atoms with van der Waals surface area (Å²) in [7, 11) is 0. The van der Waals surface area contributed by atoms with Crippen molar-refractivity contribution >= 4 is 10.9 Å². The third kappa shape index (κ3) is 3.51. The predicted molar refractivity (Wildman–Crippen MR) is 95.7 cm³/mol. The Bertz CT molecular complexity index is 839. The molecule has 0 saturated carbocycles. The lowest BCUT2D eigenvalue weighted by Gasteiger charge is -2.21. The van der Waals surface area contributed by atoms with E-state index in [1.165, 1.54) is 5.56 Å². The van der Waals surface area contributed by atoms with Crippen molar-refractivity contribution in [3.63, 3.8) is 0 Å². The smallest absolute Gasteiger partial charge is 0.252 e. The molecule has 0 aliphatic carbocycles. The third-order valence-corrected chi connectivity index (χ3v) is 4.52. The van der Waals surface area contributed by atoms with Gasteiger partial charge in [0.1, 0.15) is 0 Å². The molecule has 0 radical (unpaired) electrons. The van der Waals surface area contributed by atoms with Gasteiger partial charge < -0.3 is 10.3 Å². The topological polar surface area (TPSA) is 44.9 Å². The zero-order chi connectivity index (χ0) is 16.2. The molecule has 23 heavy (non-hydrogen) atoms. The van der Waals surface area contributed by atoms with Gasteiger partial charge in [-0.25, -0.2) is 0 Å². The molecule has 2 aromatic carbocycles. The Kier molecular flexibility index (Phi) is 4.58. The predicted octanol–water partition coefficient (Wildman–Crippen LogP) is 3.81. The van der Waals surface area contributed by atoms with Crippen LogP contribution in [0.15, 0.2) is 65.5 Å². The van der Waals surface area contributed by atoms with Gasteiger partial charge in [0, 0.05) is 23.7 Å². The molecule has 3 nitrogen and oxygen atoms in total. The Balaban J connectivity index is 1.73. The average molecular weight is 306 g/mol. The van der Waals surface area contributed by atoms with E-state index in [1.54, 1.807) is 0 Å². The van der Waals surface area contributed by atoms with Gasteiger partial charge in [-0.3, -0.25) is 4.79 Å². The van der Waals surface area contributed by atoms with Crippen LogP contribution in [0.4, 0.5) is 0 Å². The highest BCUT2D eigenvalue weighted by molar-refractivity contribution is 5.78. The van der Waals surface area contributed by atoms with Gasteiger partial charge >= 0.3 is 0 Å². The second-order valence-electron chi connectivity index (χ2n) is 6.08. The minimum Gasteiger partial charge on any atom is -0.322 e. The monoisotopic (exact) mass is 306 g/mol. The van der Waals surface area contributed by atoms with Gasteiger partial charge in [0.25, 0.3) is 5.56 Å². The van der Waals surface area contributed by atoms with Crippen molar-refractivity contribution in [2.45, 2.75) is 32.4 Å². The van der Waals surface area contributed by atoms with E-state index in [-0.39, 0.29) is 11.6 Å². The Morgan fingerprint density at radius 1 is 1.00 bits per heavy atom. The normalized spacial score (nSPS) is 13.8. The van der Waals surface area contributed by atoms with Crippen molar-refractivity contribution in [2.24, 2.45) is 0 Å². The number of hydrogen-bond acceptors (Lipinski definition) is 2. The summed E-state index contributed by atoms with van der Waals surface area (Å²) in [6, 6.07) is 20.6. The van der Waals surface area contributed by atoms with E-state index >= 15 is 0 Å². The molecule has 1 heterocycles. The van der Waals surface area contributed by atoms with E-state index in [1.807, 2.05) is 36.4 Å². The van der Waals surface area contributed by atoms with Gasteiger partial charge in [-0.05, 0) is 35.9 Å². The molecule has 0 aliphatic heterocycles. The maximum Gasteiger partial charge on any atom is 0.252 e. The SMILES string of the molecule is CC(NCc1cc2ccccc2[nH]c1=O)C(C)c1ccccc1. The summed E-state index contributed by atoms with van der Waals surface area (Å²) in [5.74, 6) is 0.385. The van der Waals surface area contributed by atoms with Crippen LogP contribution in [0.25, 0.3) is 10.9 Å². The first kappa shape index (κ1) is 15.5. The van der Waals surface area contributed by atoms with E-state index in [2.05, 4.69) is 48.4 Å². The molecule has 3 heteroatoms. The summed E-state index contributed by atoms with van der Waals surface area (Å²) in [6.45, 7) is 4.93. The molecule has 2 unspecified atom stereocenters. The summed E-state index contributed by atoms with van der Waals surface area (Å²) in [4.78, 5) is 15.1. The summed E-state index contributed by atoms with van der Waals surface area (Å²) in [5, 5.41) is 4.55. The second-order valence-corrected chi connectivity index (χ2v) is 6.08. The van der Waals surface area contributed by atoms with Crippen molar-refractivity contribution in [3.05, 3.63) is 82.1 Å². The molecule has 3 rings (SSSR count). The maximum absolute atomic E-state index is 12.2. The van der Waals surface area contributed by atoms with Crippen molar-refractivity contribution in [2.75, 3.05) is 0 Å². The summed E-state index contributed by atoms with van der Waals surface area (Å²) in [5.41, 5.74) is 2.94. The summed E-state index contributed by atoms with van der Waals surface area (Å²) < 4.78 is 0. The van der Waals surface area contributed by atoms with Gasteiger partial charge in [0.2, 0.25) is 0 Å². The lowest BCUT2D eigenvalue weighted by Crippen LogP contribution is -2.32. The number of H-pyrrole nitrogens is 1. The summed E-state index contributed by atoms with van der Waals surface area (Å²) in [6.07, 6.45) is 0. The van der Waals surface area contributed by atoms with Gasteiger partial charge in [0.05, 0.1) is 0 Å². The van der Waals surface area contributed by atoms with E-state index in [4.69, 9.17) is 0 Å². The van der Waals surface area contributed by atoms with Crippen LogP contribution in [0.5, 0.6) is 0 Å². The Morgan fingerprint density at radius 2 is 1.70 bits per heavy atom. The number of nitrogens with one attached hydrogen (secondary N) is 2. The molecule has 3 aromatic rings. The molecular weight excluding hydrogens is 284 g/mol. The number of hydrogen-bond donors (Lipinski definition) is 2. The van der Waals surface area contributed by atoms with E-state index in [9.17, 15) is 4.79 Å². The highest BCUT2D eigenvalue weighted by Gasteiger charge is 2.14. The van der Waals surface area contributed by atoms with Crippen molar-refractivity contribution < 1.29 is 0 Å².